The molecule has 2 aromatic rings. The minimum absolute atomic E-state index is 0.102. The number of para-hydroxylation sites is 1. The van der Waals surface area contributed by atoms with Crippen molar-refractivity contribution in [2.24, 2.45) is 5.41 Å². The van der Waals surface area contributed by atoms with Crippen LogP contribution in [0.15, 0.2) is 42.7 Å². The summed E-state index contributed by atoms with van der Waals surface area (Å²) in [6, 6.07) is 9.75. The van der Waals surface area contributed by atoms with Crippen LogP contribution in [0.25, 0.3) is 0 Å². The van der Waals surface area contributed by atoms with Crippen molar-refractivity contribution in [3.63, 3.8) is 0 Å². The second kappa shape index (κ2) is 9.73. The molecule has 0 amide bonds. The molecule has 0 bridgehead atoms. The zero-order valence-corrected chi connectivity index (χ0v) is 17.0. The first-order chi connectivity index (χ1) is 13.7. The first-order valence-electron chi connectivity index (χ1n) is 10.2. The number of carbonyl (C=O) groups is 1. The van der Waals surface area contributed by atoms with Crippen molar-refractivity contribution in [2.75, 3.05) is 26.3 Å². The second-order valence-corrected chi connectivity index (χ2v) is 7.36. The van der Waals surface area contributed by atoms with Gasteiger partial charge in [0.1, 0.15) is 11.6 Å². The van der Waals surface area contributed by atoms with Crippen LogP contribution >= 0.6 is 0 Å². The lowest BCUT2D eigenvalue weighted by Gasteiger charge is -2.40. The van der Waals surface area contributed by atoms with Crippen molar-refractivity contribution in [3.05, 3.63) is 48.5 Å². The van der Waals surface area contributed by atoms with E-state index < -0.39 is 5.41 Å². The summed E-state index contributed by atoms with van der Waals surface area (Å²) in [5.74, 6) is 1.78. The number of esters is 1. The molecule has 0 aliphatic carbocycles. The van der Waals surface area contributed by atoms with Gasteiger partial charge in [-0.15, -0.1) is 0 Å². The Bertz CT molecular complexity index is 746. The molecule has 1 aliphatic rings. The third kappa shape index (κ3) is 4.93. The minimum atomic E-state index is -0.521. The molecule has 0 N–H and O–H groups in total. The van der Waals surface area contributed by atoms with Crippen molar-refractivity contribution < 1.29 is 14.3 Å². The van der Waals surface area contributed by atoms with Crippen molar-refractivity contribution in [1.29, 1.82) is 0 Å². The fraction of sp³-hybridized carbons (Fsp3) is 0.545. The fourth-order valence-corrected chi connectivity index (χ4v) is 3.98. The molecular formula is C22H31N3O3. The summed E-state index contributed by atoms with van der Waals surface area (Å²) < 4.78 is 13.5. The third-order valence-electron chi connectivity index (χ3n) is 5.46. The largest absolute Gasteiger partial charge is 0.494 e. The first-order valence-corrected chi connectivity index (χ1v) is 10.2. The SMILES string of the molecule is CCOC(=O)[C@@]1(CCOc2ccccc2)CCCN(Cc2nccn2CC)C1. The van der Waals surface area contributed by atoms with Gasteiger partial charge in [0.2, 0.25) is 0 Å². The maximum absolute atomic E-state index is 12.9. The maximum atomic E-state index is 12.9. The van der Waals surface area contributed by atoms with Gasteiger partial charge in [0.05, 0.1) is 25.2 Å². The number of imidazole rings is 1. The molecule has 1 aromatic heterocycles. The summed E-state index contributed by atoms with van der Waals surface area (Å²) in [5.41, 5.74) is -0.521. The maximum Gasteiger partial charge on any atom is 0.313 e. The smallest absolute Gasteiger partial charge is 0.313 e. The van der Waals surface area contributed by atoms with E-state index in [1.54, 1.807) is 0 Å². The molecule has 2 heterocycles. The number of benzene rings is 1. The van der Waals surface area contributed by atoms with Gasteiger partial charge < -0.3 is 14.0 Å². The van der Waals surface area contributed by atoms with Gasteiger partial charge in [-0.2, -0.15) is 0 Å². The molecule has 6 heteroatoms. The normalized spacial score (nSPS) is 20.1. The van der Waals surface area contributed by atoms with Crippen LogP contribution in [-0.2, 0) is 22.6 Å². The van der Waals surface area contributed by atoms with Gasteiger partial charge >= 0.3 is 5.97 Å². The molecule has 3 rings (SSSR count). The number of piperidine rings is 1. The van der Waals surface area contributed by atoms with Gasteiger partial charge in [0, 0.05) is 25.5 Å². The Morgan fingerprint density at radius 3 is 2.82 bits per heavy atom. The molecule has 1 fully saturated rings. The van der Waals surface area contributed by atoms with E-state index in [9.17, 15) is 4.79 Å². The molecule has 0 spiro atoms. The molecular weight excluding hydrogens is 354 g/mol. The molecule has 28 heavy (non-hydrogen) atoms. The van der Waals surface area contributed by atoms with Gasteiger partial charge in [-0.05, 0) is 51.8 Å². The molecule has 1 saturated heterocycles. The standard InChI is InChI=1S/C22H31N3O3/c1-3-25-15-13-23-20(25)17-24-14-8-11-22(18-24,21(26)27-4-2)12-16-28-19-9-6-5-7-10-19/h5-7,9-10,13,15H,3-4,8,11-12,14,16-18H2,1-2H3/t22-/m1/s1. The van der Waals surface area contributed by atoms with Crippen LogP contribution in [0.5, 0.6) is 5.75 Å². The second-order valence-electron chi connectivity index (χ2n) is 7.36. The molecule has 0 unspecified atom stereocenters. The predicted octanol–water partition coefficient (Wildman–Crippen LogP) is 3.52. The van der Waals surface area contributed by atoms with Gasteiger partial charge in [-0.1, -0.05) is 18.2 Å². The Hall–Kier alpha value is -2.34. The van der Waals surface area contributed by atoms with Crippen LogP contribution in [0.1, 0.15) is 38.9 Å². The van der Waals surface area contributed by atoms with Crippen molar-refractivity contribution in [1.82, 2.24) is 14.5 Å². The lowest BCUT2D eigenvalue weighted by Crippen LogP contribution is -2.49. The van der Waals surface area contributed by atoms with Crippen LogP contribution in [-0.4, -0.2) is 46.7 Å². The van der Waals surface area contributed by atoms with Crippen LogP contribution in [0.2, 0.25) is 0 Å². The quantitative estimate of drug-likeness (QED) is 0.618. The monoisotopic (exact) mass is 385 g/mol. The molecule has 1 aromatic carbocycles. The number of ether oxygens (including phenoxy) is 2. The van der Waals surface area contributed by atoms with Crippen LogP contribution in [0.3, 0.4) is 0 Å². The van der Waals surface area contributed by atoms with E-state index in [1.807, 2.05) is 49.6 Å². The molecule has 0 radical (unpaired) electrons. The van der Waals surface area contributed by atoms with Crippen molar-refractivity contribution >= 4 is 5.97 Å². The van der Waals surface area contributed by atoms with Crippen molar-refractivity contribution in [3.8, 4) is 5.75 Å². The fourth-order valence-electron chi connectivity index (χ4n) is 3.98. The van der Waals surface area contributed by atoms with Gasteiger partial charge in [-0.3, -0.25) is 9.69 Å². The number of rotatable bonds is 9. The minimum Gasteiger partial charge on any atom is -0.494 e. The predicted molar refractivity (Wildman–Crippen MR) is 108 cm³/mol. The lowest BCUT2D eigenvalue weighted by molar-refractivity contribution is -0.160. The molecule has 1 aliphatic heterocycles. The lowest BCUT2D eigenvalue weighted by atomic mass is 9.77. The third-order valence-corrected chi connectivity index (χ3v) is 5.46. The van der Waals surface area contributed by atoms with E-state index in [-0.39, 0.29) is 5.97 Å². The van der Waals surface area contributed by atoms with E-state index in [4.69, 9.17) is 9.47 Å². The summed E-state index contributed by atoms with van der Waals surface area (Å²) in [6.07, 6.45) is 6.31. The number of aryl methyl sites for hydroxylation is 1. The highest BCUT2D eigenvalue weighted by atomic mass is 16.5. The number of aromatic nitrogens is 2. The van der Waals surface area contributed by atoms with Gasteiger partial charge in [0.15, 0.2) is 0 Å². The Kier molecular flexibility index (Phi) is 7.09. The Balaban J connectivity index is 1.68. The highest BCUT2D eigenvalue weighted by molar-refractivity contribution is 5.77. The number of nitrogens with zero attached hydrogens (tertiary/aromatic N) is 3. The Morgan fingerprint density at radius 2 is 2.07 bits per heavy atom. The number of carbonyl (C=O) groups excluding carboxylic acids is 1. The molecule has 1 atom stereocenters. The zero-order valence-electron chi connectivity index (χ0n) is 17.0. The highest BCUT2D eigenvalue weighted by Gasteiger charge is 2.43. The van der Waals surface area contributed by atoms with E-state index >= 15 is 0 Å². The summed E-state index contributed by atoms with van der Waals surface area (Å²) in [6.45, 7) is 8.19. The molecule has 6 nitrogen and oxygen atoms in total. The summed E-state index contributed by atoms with van der Waals surface area (Å²) in [5, 5.41) is 0. The highest BCUT2D eigenvalue weighted by Crippen LogP contribution is 2.36. The zero-order chi connectivity index (χ0) is 19.8. The summed E-state index contributed by atoms with van der Waals surface area (Å²) >= 11 is 0. The van der Waals surface area contributed by atoms with E-state index in [0.29, 0.717) is 26.2 Å². The average Bonchev–Trinajstić information content (AvgIpc) is 3.16. The first kappa shape index (κ1) is 20.4. The number of likely N-dealkylation sites (tertiary alicyclic amines) is 1. The van der Waals surface area contributed by atoms with Gasteiger partial charge in [0.25, 0.3) is 0 Å². The summed E-state index contributed by atoms with van der Waals surface area (Å²) in [7, 11) is 0. The van der Waals surface area contributed by atoms with Crippen LogP contribution in [0, 0.1) is 5.41 Å². The van der Waals surface area contributed by atoms with Crippen LogP contribution in [0.4, 0.5) is 0 Å². The number of hydrogen-bond acceptors (Lipinski definition) is 5. The number of hydrogen-bond donors (Lipinski definition) is 0. The molecule has 152 valence electrons. The van der Waals surface area contributed by atoms with E-state index in [1.165, 1.54) is 0 Å². The summed E-state index contributed by atoms with van der Waals surface area (Å²) in [4.78, 5) is 19.7. The van der Waals surface area contributed by atoms with Crippen molar-refractivity contribution in [2.45, 2.75) is 46.2 Å². The van der Waals surface area contributed by atoms with Crippen LogP contribution < -0.4 is 4.74 Å². The Morgan fingerprint density at radius 1 is 1.25 bits per heavy atom. The molecule has 0 saturated carbocycles. The Labute approximate surface area is 167 Å². The average molecular weight is 386 g/mol. The van der Waals surface area contributed by atoms with E-state index in [0.717, 1.165) is 44.0 Å². The topological polar surface area (TPSA) is 56.6 Å². The van der Waals surface area contributed by atoms with E-state index in [2.05, 4.69) is 21.4 Å². The van der Waals surface area contributed by atoms with Gasteiger partial charge in [-0.25, -0.2) is 4.98 Å².